The molecule has 1 aromatic carbocycles. The number of likely N-dealkylation sites (N-methyl/N-ethyl adjacent to an activating group) is 1. The Balaban J connectivity index is 1.46. The van der Waals surface area contributed by atoms with Crippen LogP contribution in [0, 0.1) is 0 Å². The van der Waals surface area contributed by atoms with E-state index < -0.39 is 5.97 Å². The Kier molecular flexibility index (Phi) is 5.52. The predicted molar refractivity (Wildman–Crippen MR) is 95.8 cm³/mol. The Morgan fingerprint density at radius 2 is 2.04 bits per heavy atom. The Morgan fingerprint density at radius 3 is 2.69 bits per heavy atom. The van der Waals surface area contributed by atoms with Crippen molar-refractivity contribution < 1.29 is 19.2 Å². The maximum atomic E-state index is 12.1. The van der Waals surface area contributed by atoms with Gasteiger partial charge in [0.1, 0.15) is 0 Å². The Morgan fingerprint density at radius 1 is 1.31 bits per heavy atom. The molecule has 2 amide bonds. The summed E-state index contributed by atoms with van der Waals surface area (Å²) in [7, 11) is 0. The molecule has 0 bridgehead atoms. The molecule has 0 aliphatic heterocycles. The molecule has 0 unspecified atom stereocenters. The summed E-state index contributed by atoms with van der Waals surface area (Å²) in [6.45, 7) is 2.64. The average molecular weight is 358 g/mol. The fraction of sp³-hybridized carbons (Fsp3) is 0.389. The van der Waals surface area contributed by atoms with Gasteiger partial charge in [-0.15, -0.1) is 0 Å². The third kappa shape index (κ3) is 4.40. The van der Waals surface area contributed by atoms with E-state index in [-0.39, 0.29) is 24.7 Å². The molecule has 8 heteroatoms. The average Bonchev–Trinajstić information content (AvgIpc) is 3.05. The normalized spacial score (nSPS) is 19.0. The van der Waals surface area contributed by atoms with E-state index in [2.05, 4.69) is 15.8 Å². The van der Waals surface area contributed by atoms with Crippen LogP contribution < -0.4 is 10.6 Å². The summed E-state index contributed by atoms with van der Waals surface area (Å²) in [5.41, 5.74) is 0.883. The summed E-state index contributed by atoms with van der Waals surface area (Å²) in [6, 6.07) is 11.1. The fourth-order valence-corrected chi connectivity index (χ4v) is 3.09. The van der Waals surface area contributed by atoms with Crippen molar-refractivity contribution in [1.82, 2.24) is 15.4 Å². The minimum Gasteiger partial charge on any atom is -0.480 e. The van der Waals surface area contributed by atoms with Crippen LogP contribution in [0.1, 0.15) is 19.8 Å². The molecule has 3 rings (SSSR count). The number of carboxylic acids is 1. The highest BCUT2D eigenvalue weighted by atomic mass is 16.5. The van der Waals surface area contributed by atoms with E-state index in [1.807, 2.05) is 42.2 Å². The van der Waals surface area contributed by atoms with Gasteiger partial charge in [-0.05, 0) is 19.4 Å². The molecule has 2 aromatic rings. The zero-order chi connectivity index (χ0) is 18.5. The molecule has 138 valence electrons. The van der Waals surface area contributed by atoms with Crippen LogP contribution in [0.5, 0.6) is 0 Å². The van der Waals surface area contributed by atoms with E-state index in [1.165, 1.54) is 0 Å². The lowest BCUT2D eigenvalue weighted by Gasteiger charge is -2.42. The van der Waals surface area contributed by atoms with Crippen molar-refractivity contribution in [3.63, 3.8) is 0 Å². The lowest BCUT2D eigenvalue weighted by molar-refractivity contribution is -0.139. The second kappa shape index (κ2) is 8.01. The van der Waals surface area contributed by atoms with Crippen molar-refractivity contribution in [3.8, 4) is 11.3 Å². The van der Waals surface area contributed by atoms with Gasteiger partial charge in [-0.2, -0.15) is 0 Å². The molecule has 1 aliphatic rings. The quantitative estimate of drug-likeness (QED) is 0.701. The summed E-state index contributed by atoms with van der Waals surface area (Å²) in [4.78, 5) is 24.8. The number of hydrogen-bond donors (Lipinski definition) is 3. The van der Waals surface area contributed by atoms with Crippen LogP contribution in [0.2, 0.25) is 0 Å². The van der Waals surface area contributed by atoms with Crippen LogP contribution in [0.3, 0.4) is 0 Å². The SMILES string of the molecule is CCN(CC(=O)O)C1CC(NC(=O)Nc2cc(-c3ccccc3)on2)C1. The number of carbonyl (C=O) groups is 2. The van der Waals surface area contributed by atoms with Crippen molar-refractivity contribution >= 4 is 17.8 Å². The van der Waals surface area contributed by atoms with E-state index in [4.69, 9.17) is 9.63 Å². The molecule has 1 aliphatic carbocycles. The summed E-state index contributed by atoms with van der Waals surface area (Å²) in [6.07, 6.45) is 1.48. The van der Waals surface area contributed by atoms with Crippen molar-refractivity contribution in [3.05, 3.63) is 36.4 Å². The number of benzene rings is 1. The van der Waals surface area contributed by atoms with Crippen LogP contribution in [0.15, 0.2) is 40.9 Å². The molecule has 26 heavy (non-hydrogen) atoms. The fourth-order valence-electron chi connectivity index (χ4n) is 3.09. The summed E-state index contributed by atoms with van der Waals surface area (Å²) >= 11 is 0. The summed E-state index contributed by atoms with van der Waals surface area (Å²) in [5.74, 6) is 0.0939. The third-order valence-corrected chi connectivity index (χ3v) is 4.52. The van der Waals surface area contributed by atoms with Crippen molar-refractivity contribution in [2.75, 3.05) is 18.4 Å². The second-order valence-corrected chi connectivity index (χ2v) is 6.32. The van der Waals surface area contributed by atoms with Gasteiger partial charge in [0.15, 0.2) is 11.6 Å². The first-order chi connectivity index (χ1) is 12.5. The first-order valence-corrected chi connectivity index (χ1v) is 8.60. The number of rotatable bonds is 7. The zero-order valence-electron chi connectivity index (χ0n) is 14.5. The van der Waals surface area contributed by atoms with E-state index in [9.17, 15) is 9.59 Å². The van der Waals surface area contributed by atoms with Crippen LogP contribution in [-0.4, -0.2) is 52.3 Å². The molecule has 0 radical (unpaired) electrons. The second-order valence-electron chi connectivity index (χ2n) is 6.32. The van der Waals surface area contributed by atoms with Crippen molar-refractivity contribution in [2.24, 2.45) is 0 Å². The molecular weight excluding hydrogens is 336 g/mol. The Hall–Kier alpha value is -2.87. The highest BCUT2D eigenvalue weighted by Crippen LogP contribution is 2.26. The maximum absolute atomic E-state index is 12.1. The predicted octanol–water partition coefficient (Wildman–Crippen LogP) is 2.40. The lowest BCUT2D eigenvalue weighted by atomic mass is 9.85. The number of carbonyl (C=O) groups excluding carboxylic acids is 1. The number of aromatic nitrogens is 1. The summed E-state index contributed by atoms with van der Waals surface area (Å²) < 4.78 is 5.24. The van der Waals surface area contributed by atoms with E-state index in [0.717, 1.165) is 18.4 Å². The van der Waals surface area contributed by atoms with Crippen molar-refractivity contribution in [2.45, 2.75) is 31.8 Å². The van der Waals surface area contributed by atoms with Gasteiger partial charge in [0.2, 0.25) is 0 Å². The number of hydrogen-bond acceptors (Lipinski definition) is 5. The molecule has 1 fully saturated rings. The van der Waals surface area contributed by atoms with Gasteiger partial charge in [0.25, 0.3) is 0 Å². The number of nitrogens with one attached hydrogen (secondary N) is 2. The number of amides is 2. The third-order valence-electron chi connectivity index (χ3n) is 4.52. The molecule has 0 atom stereocenters. The first-order valence-electron chi connectivity index (χ1n) is 8.60. The van der Waals surface area contributed by atoms with Gasteiger partial charge in [-0.25, -0.2) is 4.79 Å². The van der Waals surface area contributed by atoms with Gasteiger partial charge in [-0.1, -0.05) is 42.4 Å². The van der Waals surface area contributed by atoms with Gasteiger partial charge in [0.05, 0.1) is 6.54 Å². The van der Waals surface area contributed by atoms with Crippen LogP contribution in [-0.2, 0) is 4.79 Å². The van der Waals surface area contributed by atoms with Crippen LogP contribution in [0.4, 0.5) is 10.6 Å². The Labute approximate surface area is 151 Å². The minimum atomic E-state index is -0.832. The number of anilines is 1. The highest BCUT2D eigenvalue weighted by Gasteiger charge is 2.34. The molecule has 0 saturated heterocycles. The molecular formula is C18H22N4O4. The monoisotopic (exact) mass is 358 g/mol. The largest absolute Gasteiger partial charge is 0.480 e. The molecule has 1 aromatic heterocycles. The van der Waals surface area contributed by atoms with Gasteiger partial charge in [-0.3, -0.25) is 15.0 Å². The smallest absolute Gasteiger partial charge is 0.320 e. The molecule has 3 N–H and O–H groups in total. The molecule has 1 heterocycles. The van der Waals surface area contributed by atoms with Gasteiger partial charge in [0, 0.05) is 23.7 Å². The maximum Gasteiger partial charge on any atom is 0.320 e. The van der Waals surface area contributed by atoms with Gasteiger partial charge >= 0.3 is 12.0 Å². The van der Waals surface area contributed by atoms with E-state index in [1.54, 1.807) is 6.07 Å². The molecule has 1 saturated carbocycles. The topological polar surface area (TPSA) is 108 Å². The summed E-state index contributed by atoms with van der Waals surface area (Å²) in [5, 5.41) is 18.3. The van der Waals surface area contributed by atoms with E-state index in [0.29, 0.717) is 18.1 Å². The van der Waals surface area contributed by atoms with E-state index >= 15 is 0 Å². The molecule has 8 nitrogen and oxygen atoms in total. The van der Waals surface area contributed by atoms with Crippen LogP contribution in [0.25, 0.3) is 11.3 Å². The number of urea groups is 1. The molecule has 0 spiro atoms. The van der Waals surface area contributed by atoms with Gasteiger partial charge < -0.3 is 14.9 Å². The standard InChI is InChI=1S/C18H22N4O4/c1-2-22(11-17(23)24)14-8-13(9-14)19-18(25)20-16-10-15(26-21-16)12-6-4-3-5-7-12/h3-7,10,13-14H,2,8-9,11H2,1H3,(H,23,24)(H2,19,20,21,25). The lowest BCUT2D eigenvalue weighted by Crippen LogP contribution is -2.55. The first kappa shape index (κ1) is 17.9. The zero-order valence-corrected chi connectivity index (χ0v) is 14.5. The Bertz CT molecular complexity index is 756. The number of nitrogens with zero attached hydrogens (tertiary/aromatic N) is 2. The van der Waals surface area contributed by atoms with Crippen molar-refractivity contribution in [1.29, 1.82) is 0 Å². The minimum absolute atomic E-state index is 0.0291. The number of carboxylic acid groups (broad SMARTS) is 1. The highest BCUT2D eigenvalue weighted by molar-refractivity contribution is 5.89. The van der Waals surface area contributed by atoms with Crippen LogP contribution >= 0.6 is 0 Å². The number of aliphatic carboxylic acids is 1.